The SMILES string of the molecule is O=C(Nc1ccc(Cl)cc1)N1CCNCC1Cc1cccnc1. The topological polar surface area (TPSA) is 57.3 Å². The Morgan fingerprint density at radius 2 is 2.17 bits per heavy atom. The fraction of sp³-hybridized carbons (Fsp3) is 0.294. The highest BCUT2D eigenvalue weighted by Crippen LogP contribution is 2.16. The summed E-state index contributed by atoms with van der Waals surface area (Å²) in [5.41, 5.74) is 1.88. The van der Waals surface area contributed by atoms with E-state index < -0.39 is 0 Å². The number of nitrogens with zero attached hydrogens (tertiary/aromatic N) is 2. The van der Waals surface area contributed by atoms with Crippen molar-refractivity contribution in [2.75, 3.05) is 25.0 Å². The molecule has 6 heteroatoms. The predicted octanol–water partition coefficient (Wildman–Crippen LogP) is 2.78. The molecule has 1 aliphatic rings. The Kier molecular flexibility index (Phi) is 5.10. The molecule has 2 aromatic rings. The first-order valence-electron chi connectivity index (χ1n) is 7.65. The van der Waals surface area contributed by atoms with Crippen molar-refractivity contribution < 1.29 is 4.79 Å². The average Bonchev–Trinajstić information content (AvgIpc) is 2.58. The highest BCUT2D eigenvalue weighted by molar-refractivity contribution is 6.30. The van der Waals surface area contributed by atoms with Gasteiger partial charge < -0.3 is 15.5 Å². The molecule has 1 aromatic carbocycles. The van der Waals surface area contributed by atoms with Crippen molar-refractivity contribution in [3.05, 3.63) is 59.4 Å². The standard InChI is InChI=1S/C17H19ClN4O/c18-14-3-5-15(6-4-14)21-17(23)22-9-8-20-12-16(22)10-13-2-1-7-19-11-13/h1-7,11,16,20H,8-10,12H2,(H,21,23). The molecule has 2 amide bonds. The summed E-state index contributed by atoms with van der Waals surface area (Å²) in [7, 11) is 0. The second-order valence-corrected chi connectivity index (χ2v) is 5.99. The number of pyridine rings is 1. The molecular formula is C17H19ClN4O. The molecular weight excluding hydrogens is 312 g/mol. The highest BCUT2D eigenvalue weighted by Gasteiger charge is 2.26. The first kappa shape index (κ1) is 15.8. The number of piperazine rings is 1. The number of amides is 2. The lowest BCUT2D eigenvalue weighted by atomic mass is 10.0. The van der Waals surface area contributed by atoms with Gasteiger partial charge >= 0.3 is 6.03 Å². The van der Waals surface area contributed by atoms with Gasteiger partial charge in [-0.2, -0.15) is 0 Å². The van der Waals surface area contributed by atoms with Crippen LogP contribution in [0.4, 0.5) is 10.5 Å². The normalized spacial score (nSPS) is 17.8. The van der Waals surface area contributed by atoms with E-state index in [9.17, 15) is 4.79 Å². The third-order valence-electron chi connectivity index (χ3n) is 3.90. The van der Waals surface area contributed by atoms with Crippen molar-refractivity contribution in [3.63, 3.8) is 0 Å². The number of anilines is 1. The van der Waals surface area contributed by atoms with Gasteiger partial charge in [-0.05, 0) is 42.3 Å². The van der Waals surface area contributed by atoms with E-state index in [1.807, 2.05) is 23.2 Å². The summed E-state index contributed by atoms with van der Waals surface area (Å²) in [6.45, 7) is 2.27. The zero-order valence-electron chi connectivity index (χ0n) is 12.7. The summed E-state index contributed by atoms with van der Waals surface area (Å²) in [5.74, 6) is 0. The molecule has 23 heavy (non-hydrogen) atoms. The van der Waals surface area contributed by atoms with Crippen LogP contribution in [0.25, 0.3) is 0 Å². The number of carbonyl (C=O) groups is 1. The number of urea groups is 1. The van der Waals surface area contributed by atoms with Crippen LogP contribution < -0.4 is 10.6 Å². The molecule has 0 saturated carbocycles. The van der Waals surface area contributed by atoms with Crippen LogP contribution >= 0.6 is 11.6 Å². The van der Waals surface area contributed by atoms with Gasteiger partial charge in [0.2, 0.25) is 0 Å². The second kappa shape index (κ2) is 7.44. The third-order valence-corrected chi connectivity index (χ3v) is 4.15. The fourth-order valence-corrected chi connectivity index (χ4v) is 2.86. The van der Waals surface area contributed by atoms with Gasteiger partial charge in [-0.25, -0.2) is 4.79 Å². The lowest BCUT2D eigenvalue weighted by Crippen LogP contribution is -2.55. The van der Waals surface area contributed by atoms with Crippen LogP contribution in [0.3, 0.4) is 0 Å². The van der Waals surface area contributed by atoms with E-state index in [1.165, 1.54) is 0 Å². The molecule has 0 bridgehead atoms. The zero-order valence-corrected chi connectivity index (χ0v) is 13.5. The Morgan fingerprint density at radius 3 is 2.91 bits per heavy atom. The van der Waals surface area contributed by atoms with Gasteiger partial charge in [-0.1, -0.05) is 17.7 Å². The Hall–Kier alpha value is -2.11. The molecule has 2 heterocycles. The molecule has 1 unspecified atom stereocenters. The Morgan fingerprint density at radius 1 is 1.35 bits per heavy atom. The number of halogens is 1. The summed E-state index contributed by atoms with van der Waals surface area (Å²) < 4.78 is 0. The Balaban J connectivity index is 1.67. The van der Waals surface area contributed by atoms with E-state index in [4.69, 9.17) is 11.6 Å². The zero-order chi connectivity index (χ0) is 16.1. The van der Waals surface area contributed by atoms with Crippen LogP contribution in [-0.2, 0) is 6.42 Å². The van der Waals surface area contributed by atoms with Crippen molar-refractivity contribution in [2.45, 2.75) is 12.5 Å². The maximum Gasteiger partial charge on any atom is 0.322 e. The largest absolute Gasteiger partial charge is 0.322 e. The fourth-order valence-electron chi connectivity index (χ4n) is 2.73. The predicted molar refractivity (Wildman–Crippen MR) is 91.8 cm³/mol. The molecule has 0 radical (unpaired) electrons. The Bertz CT molecular complexity index is 647. The lowest BCUT2D eigenvalue weighted by Gasteiger charge is -2.36. The summed E-state index contributed by atoms with van der Waals surface area (Å²) in [4.78, 5) is 18.6. The van der Waals surface area contributed by atoms with Crippen LogP contribution in [0.15, 0.2) is 48.8 Å². The van der Waals surface area contributed by atoms with Crippen LogP contribution in [-0.4, -0.2) is 41.6 Å². The van der Waals surface area contributed by atoms with E-state index >= 15 is 0 Å². The lowest BCUT2D eigenvalue weighted by molar-refractivity contribution is 0.170. The van der Waals surface area contributed by atoms with E-state index in [1.54, 1.807) is 30.5 Å². The van der Waals surface area contributed by atoms with Crippen LogP contribution in [0.5, 0.6) is 0 Å². The van der Waals surface area contributed by atoms with Crippen molar-refractivity contribution in [2.24, 2.45) is 0 Å². The smallest absolute Gasteiger partial charge is 0.319 e. The summed E-state index contributed by atoms with van der Waals surface area (Å²) in [5, 5.41) is 6.94. The summed E-state index contributed by atoms with van der Waals surface area (Å²) >= 11 is 5.87. The maximum atomic E-state index is 12.6. The van der Waals surface area contributed by atoms with Gasteiger partial charge in [0.15, 0.2) is 0 Å². The molecule has 1 fully saturated rings. The van der Waals surface area contributed by atoms with E-state index in [0.717, 1.165) is 30.8 Å². The second-order valence-electron chi connectivity index (χ2n) is 5.55. The number of rotatable bonds is 3. The van der Waals surface area contributed by atoms with Gasteiger partial charge in [0, 0.05) is 42.7 Å². The number of nitrogens with one attached hydrogen (secondary N) is 2. The van der Waals surface area contributed by atoms with Crippen molar-refractivity contribution in [1.82, 2.24) is 15.2 Å². The molecule has 1 aromatic heterocycles. The van der Waals surface area contributed by atoms with E-state index in [-0.39, 0.29) is 12.1 Å². The summed E-state index contributed by atoms with van der Waals surface area (Å²) in [6, 6.07) is 11.1. The molecule has 1 saturated heterocycles. The van der Waals surface area contributed by atoms with Crippen LogP contribution in [0.2, 0.25) is 5.02 Å². The Labute approximate surface area is 140 Å². The van der Waals surface area contributed by atoms with Crippen molar-refractivity contribution in [3.8, 4) is 0 Å². The first-order valence-corrected chi connectivity index (χ1v) is 8.03. The molecule has 3 rings (SSSR count). The molecule has 1 aliphatic heterocycles. The summed E-state index contributed by atoms with van der Waals surface area (Å²) in [6.07, 6.45) is 4.40. The van der Waals surface area contributed by atoms with E-state index in [0.29, 0.717) is 11.6 Å². The molecule has 0 spiro atoms. The molecule has 0 aliphatic carbocycles. The highest BCUT2D eigenvalue weighted by atomic mass is 35.5. The number of aromatic nitrogens is 1. The number of carbonyl (C=O) groups excluding carboxylic acids is 1. The average molecular weight is 331 g/mol. The molecule has 2 N–H and O–H groups in total. The van der Waals surface area contributed by atoms with Crippen LogP contribution in [0.1, 0.15) is 5.56 Å². The number of hydrogen-bond acceptors (Lipinski definition) is 3. The van der Waals surface area contributed by atoms with Gasteiger partial charge in [0.25, 0.3) is 0 Å². The van der Waals surface area contributed by atoms with Gasteiger partial charge in [-0.15, -0.1) is 0 Å². The minimum absolute atomic E-state index is 0.0808. The van der Waals surface area contributed by atoms with Gasteiger partial charge in [-0.3, -0.25) is 4.98 Å². The quantitative estimate of drug-likeness (QED) is 0.910. The van der Waals surface area contributed by atoms with E-state index in [2.05, 4.69) is 15.6 Å². The third kappa shape index (κ3) is 4.21. The molecule has 120 valence electrons. The number of hydrogen-bond donors (Lipinski definition) is 2. The van der Waals surface area contributed by atoms with Crippen molar-refractivity contribution in [1.29, 1.82) is 0 Å². The minimum atomic E-state index is -0.0808. The minimum Gasteiger partial charge on any atom is -0.319 e. The van der Waals surface area contributed by atoms with Crippen LogP contribution in [0, 0.1) is 0 Å². The number of benzene rings is 1. The monoisotopic (exact) mass is 330 g/mol. The molecule has 5 nitrogen and oxygen atoms in total. The maximum absolute atomic E-state index is 12.6. The van der Waals surface area contributed by atoms with Crippen molar-refractivity contribution >= 4 is 23.3 Å². The molecule has 1 atom stereocenters. The van der Waals surface area contributed by atoms with Gasteiger partial charge in [0.05, 0.1) is 6.04 Å². The van der Waals surface area contributed by atoms with Gasteiger partial charge in [0.1, 0.15) is 0 Å². The first-order chi connectivity index (χ1) is 11.2.